The molecule has 3 aromatic rings. The minimum atomic E-state index is -4.12. The van der Waals surface area contributed by atoms with Crippen molar-refractivity contribution >= 4 is 27.5 Å². The van der Waals surface area contributed by atoms with Crippen LogP contribution in [-0.4, -0.2) is 51.4 Å². The Hall–Kier alpha value is -3.85. The number of carbonyl (C=O) groups excluding carboxylic acids is 2. The molecule has 0 saturated heterocycles. The molecule has 0 radical (unpaired) electrons. The van der Waals surface area contributed by atoms with Gasteiger partial charge in [-0.25, -0.2) is 8.42 Å². The normalized spacial score (nSPS) is 11.9. The van der Waals surface area contributed by atoms with E-state index >= 15 is 0 Å². The molecule has 208 valence electrons. The number of anilines is 1. The molecule has 0 aliphatic heterocycles. The Morgan fingerprint density at radius 1 is 0.949 bits per heavy atom. The fraction of sp³-hybridized carbons (Fsp3) is 0.333. The van der Waals surface area contributed by atoms with E-state index in [0.29, 0.717) is 18.0 Å². The van der Waals surface area contributed by atoms with Gasteiger partial charge in [-0.2, -0.15) is 0 Å². The van der Waals surface area contributed by atoms with Crippen molar-refractivity contribution in [2.24, 2.45) is 0 Å². The van der Waals surface area contributed by atoms with Crippen LogP contribution in [0, 0.1) is 6.92 Å². The molecule has 0 saturated carbocycles. The molecule has 0 aliphatic carbocycles. The third kappa shape index (κ3) is 7.60. The second kappa shape index (κ2) is 13.8. The lowest BCUT2D eigenvalue weighted by Crippen LogP contribution is -2.51. The van der Waals surface area contributed by atoms with Gasteiger partial charge in [0.15, 0.2) is 0 Å². The number of methoxy groups -OCH3 is 1. The quantitative estimate of drug-likeness (QED) is 0.315. The summed E-state index contributed by atoms with van der Waals surface area (Å²) in [5, 5.41) is 2.89. The van der Waals surface area contributed by atoms with Gasteiger partial charge < -0.3 is 15.0 Å². The van der Waals surface area contributed by atoms with E-state index in [-0.39, 0.29) is 17.3 Å². The van der Waals surface area contributed by atoms with Gasteiger partial charge in [-0.15, -0.1) is 0 Å². The van der Waals surface area contributed by atoms with E-state index in [2.05, 4.69) is 5.32 Å². The number of nitrogens with one attached hydrogen (secondary N) is 1. The monoisotopic (exact) mass is 551 g/mol. The molecule has 0 spiro atoms. The van der Waals surface area contributed by atoms with Crippen molar-refractivity contribution in [2.45, 2.75) is 51.1 Å². The van der Waals surface area contributed by atoms with E-state index < -0.39 is 28.5 Å². The molecule has 3 aromatic carbocycles. The third-order valence-electron chi connectivity index (χ3n) is 6.57. The average Bonchev–Trinajstić information content (AvgIpc) is 2.95. The minimum Gasteiger partial charge on any atom is -0.497 e. The van der Waals surface area contributed by atoms with Gasteiger partial charge in [0.1, 0.15) is 18.3 Å². The van der Waals surface area contributed by atoms with Crippen molar-refractivity contribution in [3.8, 4) is 5.75 Å². The first kappa shape index (κ1) is 29.7. The number of para-hydroxylation sites is 1. The Balaban J connectivity index is 1.98. The molecular formula is C30H37N3O5S. The lowest BCUT2D eigenvalue weighted by molar-refractivity contribution is -0.139. The molecule has 2 amide bonds. The predicted molar refractivity (Wildman–Crippen MR) is 153 cm³/mol. The van der Waals surface area contributed by atoms with Gasteiger partial charge in [0, 0.05) is 13.1 Å². The van der Waals surface area contributed by atoms with Crippen LogP contribution in [0.3, 0.4) is 0 Å². The van der Waals surface area contributed by atoms with Crippen molar-refractivity contribution in [1.82, 2.24) is 10.2 Å². The Morgan fingerprint density at radius 2 is 1.59 bits per heavy atom. The number of unbranched alkanes of at least 4 members (excludes halogenated alkanes) is 1. The van der Waals surface area contributed by atoms with Crippen molar-refractivity contribution in [3.05, 3.63) is 90.0 Å². The summed E-state index contributed by atoms with van der Waals surface area (Å²) in [5.41, 5.74) is 2.19. The molecule has 0 heterocycles. The second-order valence-corrected chi connectivity index (χ2v) is 11.2. The predicted octanol–water partition coefficient (Wildman–Crippen LogP) is 4.53. The average molecular weight is 552 g/mol. The van der Waals surface area contributed by atoms with Gasteiger partial charge in [0.25, 0.3) is 10.0 Å². The van der Waals surface area contributed by atoms with Crippen LogP contribution in [-0.2, 0) is 26.2 Å². The molecule has 3 rings (SSSR count). The number of hydrogen-bond acceptors (Lipinski definition) is 5. The van der Waals surface area contributed by atoms with Gasteiger partial charge in [0.2, 0.25) is 11.8 Å². The van der Waals surface area contributed by atoms with Crippen molar-refractivity contribution in [1.29, 1.82) is 0 Å². The highest BCUT2D eigenvalue weighted by Gasteiger charge is 2.32. The van der Waals surface area contributed by atoms with Crippen LogP contribution in [0.1, 0.15) is 37.8 Å². The molecule has 1 atom stereocenters. The van der Waals surface area contributed by atoms with Crippen molar-refractivity contribution < 1.29 is 22.7 Å². The summed E-state index contributed by atoms with van der Waals surface area (Å²) in [5.74, 6) is -0.254. The molecule has 0 aliphatic rings. The number of hydrogen-bond donors (Lipinski definition) is 1. The highest BCUT2D eigenvalue weighted by atomic mass is 32.2. The Kier molecular flexibility index (Phi) is 10.5. The molecule has 8 nitrogen and oxygen atoms in total. The van der Waals surface area contributed by atoms with Gasteiger partial charge in [-0.05, 0) is 67.8 Å². The van der Waals surface area contributed by atoms with Crippen LogP contribution in [0.15, 0.2) is 83.8 Å². The van der Waals surface area contributed by atoms with Crippen LogP contribution in [0.2, 0.25) is 0 Å². The van der Waals surface area contributed by atoms with E-state index in [1.54, 1.807) is 49.4 Å². The standard InChI is InChI=1S/C30H37N3O5S/c1-5-6-20-31-30(35)24(3)32(21-25-13-11-10-12-23(25)2)29(34)22-33(26-14-8-7-9-15-26)39(36,37)28-18-16-27(38-4)17-19-28/h7-19,24H,5-6,20-22H2,1-4H3,(H,31,35)/t24-/m1/s1. The number of ether oxygens (including phenoxy) is 1. The summed E-state index contributed by atoms with van der Waals surface area (Å²) in [6.45, 7) is 5.84. The maximum absolute atomic E-state index is 13.9. The van der Waals surface area contributed by atoms with Crippen LogP contribution in [0.4, 0.5) is 5.69 Å². The van der Waals surface area contributed by atoms with E-state index in [4.69, 9.17) is 4.74 Å². The number of carbonyl (C=O) groups is 2. The molecule has 0 fully saturated rings. The summed E-state index contributed by atoms with van der Waals surface area (Å²) >= 11 is 0. The molecule has 9 heteroatoms. The third-order valence-corrected chi connectivity index (χ3v) is 8.36. The highest BCUT2D eigenvalue weighted by Crippen LogP contribution is 2.26. The number of aryl methyl sites for hydroxylation is 1. The molecule has 0 aromatic heterocycles. The first-order valence-electron chi connectivity index (χ1n) is 13.0. The zero-order valence-corrected chi connectivity index (χ0v) is 23.8. The number of benzene rings is 3. The van der Waals surface area contributed by atoms with Crippen LogP contribution in [0.5, 0.6) is 5.75 Å². The van der Waals surface area contributed by atoms with E-state index in [9.17, 15) is 18.0 Å². The highest BCUT2D eigenvalue weighted by molar-refractivity contribution is 7.92. The Bertz CT molecular complexity index is 1340. The summed E-state index contributed by atoms with van der Waals surface area (Å²) in [4.78, 5) is 28.4. The summed E-state index contributed by atoms with van der Waals surface area (Å²) in [7, 11) is -2.62. The van der Waals surface area contributed by atoms with Crippen molar-refractivity contribution in [3.63, 3.8) is 0 Å². The fourth-order valence-corrected chi connectivity index (χ4v) is 5.50. The van der Waals surface area contributed by atoms with Gasteiger partial charge in [-0.1, -0.05) is 55.8 Å². The minimum absolute atomic E-state index is 0.0239. The maximum atomic E-state index is 13.9. The zero-order valence-electron chi connectivity index (χ0n) is 23.0. The Labute approximate surface area is 231 Å². The number of rotatable bonds is 13. The topological polar surface area (TPSA) is 96.0 Å². The lowest BCUT2D eigenvalue weighted by Gasteiger charge is -2.32. The summed E-state index contributed by atoms with van der Waals surface area (Å²) < 4.78 is 33.9. The number of nitrogens with zero attached hydrogens (tertiary/aromatic N) is 2. The Morgan fingerprint density at radius 3 is 2.21 bits per heavy atom. The molecular weight excluding hydrogens is 514 g/mol. The lowest BCUT2D eigenvalue weighted by atomic mass is 10.1. The molecule has 0 bridgehead atoms. The van der Waals surface area contributed by atoms with Crippen LogP contribution >= 0.6 is 0 Å². The number of amides is 2. The molecule has 1 N–H and O–H groups in total. The van der Waals surface area contributed by atoms with E-state index in [1.807, 2.05) is 38.1 Å². The maximum Gasteiger partial charge on any atom is 0.264 e. The largest absolute Gasteiger partial charge is 0.497 e. The van der Waals surface area contributed by atoms with Crippen molar-refractivity contribution in [2.75, 3.05) is 24.5 Å². The molecule has 39 heavy (non-hydrogen) atoms. The van der Waals surface area contributed by atoms with Gasteiger partial charge in [0.05, 0.1) is 17.7 Å². The summed E-state index contributed by atoms with van der Waals surface area (Å²) in [6, 6.07) is 21.3. The second-order valence-electron chi connectivity index (χ2n) is 9.29. The SMILES string of the molecule is CCCCNC(=O)[C@@H](C)N(Cc1ccccc1C)C(=O)CN(c1ccccc1)S(=O)(=O)c1ccc(OC)cc1. The van der Waals surface area contributed by atoms with E-state index in [0.717, 1.165) is 28.3 Å². The first-order chi connectivity index (χ1) is 18.7. The van der Waals surface area contributed by atoms with Crippen LogP contribution in [0.25, 0.3) is 0 Å². The van der Waals surface area contributed by atoms with E-state index in [1.165, 1.54) is 24.1 Å². The number of sulfonamides is 1. The zero-order chi connectivity index (χ0) is 28.4. The molecule has 0 unspecified atom stereocenters. The van der Waals surface area contributed by atoms with Gasteiger partial charge in [-0.3, -0.25) is 13.9 Å². The van der Waals surface area contributed by atoms with Crippen LogP contribution < -0.4 is 14.4 Å². The van der Waals surface area contributed by atoms with Gasteiger partial charge >= 0.3 is 0 Å². The first-order valence-corrected chi connectivity index (χ1v) is 14.5. The fourth-order valence-electron chi connectivity index (χ4n) is 4.09. The smallest absolute Gasteiger partial charge is 0.264 e. The summed E-state index contributed by atoms with van der Waals surface area (Å²) in [6.07, 6.45) is 1.75.